The Morgan fingerprint density at radius 1 is 1.38 bits per heavy atom. The molecule has 1 aromatic heterocycles. The molecule has 1 fully saturated rings. The predicted octanol–water partition coefficient (Wildman–Crippen LogP) is 1.12. The van der Waals surface area contributed by atoms with E-state index in [9.17, 15) is 4.79 Å². The molecule has 0 spiro atoms. The quantitative estimate of drug-likeness (QED) is 0.880. The van der Waals surface area contributed by atoms with Gasteiger partial charge in [-0.1, -0.05) is 12.1 Å². The molecule has 112 valence electrons. The highest BCUT2D eigenvalue weighted by Crippen LogP contribution is 2.26. The van der Waals surface area contributed by atoms with Gasteiger partial charge in [0.2, 0.25) is 5.91 Å². The molecule has 21 heavy (non-hydrogen) atoms. The van der Waals surface area contributed by atoms with Crippen LogP contribution in [0.3, 0.4) is 0 Å². The highest BCUT2D eigenvalue weighted by atomic mass is 16.4. The van der Waals surface area contributed by atoms with Crippen molar-refractivity contribution in [3.05, 3.63) is 24.3 Å². The SMILES string of the molecule is NCCNC(=O)C1CCN(c2nc3ccccc3o2)CC1. The number of amides is 1. The van der Waals surface area contributed by atoms with Gasteiger partial charge in [-0.05, 0) is 25.0 Å². The van der Waals surface area contributed by atoms with Gasteiger partial charge >= 0.3 is 0 Å². The molecule has 3 rings (SSSR count). The van der Waals surface area contributed by atoms with Crippen LogP contribution < -0.4 is 16.0 Å². The number of para-hydroxylation sites is 2. The lowest BCUT2D eigenvalue weighted by atomic mass is 9.96. The van der Waals surface area contributed by atoms with Gasteiger partial charge in [0.15, 0.2) is 5.58 Å². The average molecular weight is 288 g/mol. The van der Waals surface area contributed by atoms with Gasteiger partial charge in [0.1, 0.15) is 5.52 Å². The van der Waals surface area contributed by atoms with E-state index in [-0.39, 0.29) is 11.8 Å². The largest absolute Gasteiger partial charge is 0.423 e. The Hall–Kier alpha value is -2.08. The number of hydrogen-bond acceptors (Lipinski definition) is 5. The van der Waals surface area contributed by atoms with E-state index in [1.54, 1.807) is 0 Å². The van der Waals surface area contributed by atoms with E-state index in [4.69, 9.17) is 10.2 Å². The molecule has 1 aliphatic heterocycles. The first-order valence-electron chi connectivity index (χ1n) is 7.36. The zero-order valence-corrected chi connectivity index (χ0v) is 11.9. The Morgan fingerprint density at radius 3 is 2.86 bits per heavy atom. The molecule has 1 saturated heterocycles. The number of nitrogens with zero attached hydrogens (tertiary/aromatic N) is 2. The molecule has 0 bridgehead atoms. The monoisotopic (exact) mass is 288 g/mol. The number of nitrogens with two attached hydrogens (primary N) is 1. The topological polar surface area (TPSA) is 84.4 Å². The summed E-state index contributed by atoms with van der Waals surface area (Å²) in [7, 11) is 0. The van der Waals surface area contributed by atoms with Crippen molar-refractivity contribution in [1.82, 2.24) is 10.3 Å². The summed E-state index contributed by atoms with van der Waals surface area (Å²) in [6, 6.07) is 8.39. The van der Waals surface area contributed by atoms with Gasteiger partial charge in [-0.25, -0.2) is 0 Å². The van der Waals surface area contributed by atoms with E-state index in [2.05, 4.69) is 15.2 Å². The number of piperidine rings is 1. The number of aromatic nitrogens is 1. The summed E-state index contributed by atoms with van der Waals surface area (Å²) < 4.78 is 5.77. The molecule has 3 N–H and O–H groups in total. The number of anilines is 1. The summed E-state index contributed by atoms with van der Waals surface area (Å²) in [4.78, 5) is 18.5. The highest BCUT2D eigenvalue weighted by molar-refractivity contribution is 5.79. The first-order valence-corrected chi connectivity index (χ1v) is 7.36. The Labute approximate surface area is 123 Å². The van der Waals surface area contributed by atoms with Crippen LogP contribution in [0, 0.1) is 5.92 Å². The Balaban J connectivity index is 1.61. The molecule has 1 aliphatic rings. The zero-order chi connectivity index (χ0) is 14.7. The van der Waals surface area contributed by atoms with E-state index in [0.717, 1.165) is 37.0 Å². The maximum atomic E-state index is 11.9. The summed E-state index contributed by atoms with van der Waals surface area (Å²) in [6.45, 7) is 2.60. The molecule has 0 saturated carbocycles. The summed E-state index contributed by atoms with van der Waals surface area (Å²) >= 11 is 0. The van der Waals surface area contributed by atoms with Crippen molar-refractivity contribution in [1.29, 1.82) is 0 Å². The van der Waals surface area contributed by atoms with Crippen LogP contribution in [-0.2, 0) is 4.79 Å². The van der Waals surface area contributed by atoms with Gasteiger partial charge < -0.3 is 20.4 Å². The van der Waals surface area contributed by atoms with Gasteiger partial charge in [-0.2, -0.15) is 4.98 Å². The number of benzene rings is 1. The summed E-state index contributed by atoms with van der Waals surface area (Å²) in [5.41, 5.74) is 7.07. The molecule has 0 unspecified atom stereocenters. The number of carbonyl (C=O) groups excluding carboxylic acids is 1. The lowest BCUT2D eigenvalue weighted by Crippen LogP contribution is -2.41. The summed E-state index contributed by atoms with van der Waals surface area (Å²) in [6.07, 6.45) is 1.63. The van der Waals surface area contributed by atoms with Crippen molar-refractivity contribution >= 4 is 23.0 Å². The van der Waals surface area contributed by atoms with Gasteiger partial charge in [-0.3, -0.25) is 4.79 Å². The lowest BCUT2D eigenvalue weighted by molar-refractivity contribution is -0.125. The smallest absolute Gasteiger partial charge is 0.298 e. The summed E-state index contributed by atoms with van der Waals surface area (Å²) in [5, 5.41) is 2.86. The molecule has 6 nitrogen and oxygen atoms in total. The second-order valence-corrected chi connectivity index (χ2v) is 5.31. The third kappa shape index (κ3) is 3.00. The maximum absolute atomic E-state index is 11.9. The molecular formula is C15H20N4O2. The van der Waals surface area contributed by atoms with Gasteiger partial charge in [0.25, 0.3) is 6.01 Å². The van der Waals surface area contributed by atoms with Gasteiger partial charge in [0, 0.05) is 32.1 Å². The van der Waals surface area contributed by atoms with E-state index in [1.165, 1.54) is 0 Å². The zero-order valence-electron chi connectivity index (χ0n) is 11.9. The van der Waals surface area contributed by atoms with E-state index in [0.29, 0.717) is 19.1 Å². The lowest BCUT2D eigenvalue weighted by Gasteiger charge is -2.30. The predicted molar refractivity (Wildman–Crippen MR) is 81.0 cm³/mol. The number of oxazole rings is 1. The molecule has 6 heteroatoms. The third-order valence-corrected chi connectivity index (χ3v) is 3.86. The van der Waals surface area contributed by atoms with E-state index < -0.39 is 0 Å². The number of carbonyl (C=O) groups is 1. The first kappa shape index (κ1) is 13.9. The van der Waals surface area contributed by atoms with Gasteiger partial charge in [0.05, 0.1) is 0 Å². The fraction of sp³-hybridized carbons (Fsp3) is 0.467. The van der Waals surface area contributed by atoms with Crippen LogP contribution in [0.25, 0.3) is 11.1 Å². The van der Waals surface area contributed by atoms with Gasteiger partial charge in [-0.15, -0.1) is 0 Å². The second kappa shape index (κ2) is 6.13. The van der Waals surface area contributed by atoms with Crippen LogP contribution in [0.2, 0.25) is 0 Å². The molecule has 0 aliphatic carbocycles. The number of rotatable bonds is 4. The second-order valence-electron chi connectivity index (χ2n) is 5.31. The Bertz CT molecular complexity index is 584. The molecular weight excluding hydrogens is 268 g/mol. The van der Waals surface area contributed by atoms with Crippen molar-refractivity contribution in [2.45, 2.75) is 12.8 Å². The van der Waals surface area contributed by atoms with Crippen molar-refractivity contribution in [3.8, 4) is 0 Å². The van der Waals surface area contributed by atoms with Crippen LogP contribution in [0.4, 0.5) is 6.01 Å². The Kier molecular flexibility index (Phi) is 4.06. The van der Waals surface area contributed by atoms with Crippen LogP contribution in [0.15, 0.2) is 28.7 Å². The van der Waals surface area contributed by atoms with Crippen LogP contribution in [-0.4, -0.2) is 37.1 Å². The Morgan fingerprint density at radius 2 is 2.14 bits per heavy atom. The molecule has 1 amide bonds. The molecule has 0 radical (unpaired) electrons. The molecule has 1 aromatic carbocycles. The van der Waals surface area contributed by atoms with E-state index in [1.807, 2.05) is 24.3 Å². The number of hydrogen-bond donors (Lipinski definition) is 2. The minimum absolute atomic E-state index is 0.0668. The summed E-state index contributed by atoms with van der Waals surface area (Å²) in [5.74, 6) is 0.176. The molecule has 2 aromatic rings. The normalized spacial score (nSPS) is 16.3. The van der Waals surface area contributed by atoms with Crippen LogP contribution >= 0.6 is 0 Å². The standard InChI is InChI=1S/C15H20N4O2/c16-7-8-17-14(20)11-5-9-19(10-6-11)15-18-12-3-1-2-4-13(12)21-15/h1-4,11H,5-10,16H2,(H,17,20). The molecule has 2 heterocycles. The number of nitrogens with one attached hydrogen (secondary N) is 1. The van der Waals surface area contributed by atoms with Crippen molar-refractivity contribution in [3.63, 3.8) is 0 Å². The minimum atomic E-state index is 0.0668. The van der Waals surface area contributed by atoms with Crippen molar-refractivity contribution in [2.75, 3.05) is 31.1 Å². The minimum Gasteiger partial charge on any atom is -0.423 e. The van der Waals surface area contributed by atoms with E-state index >= 15 is 0 Å². The highest BCUT2D eigenvalue weighted by Gasteiger charge is 2.26. The fourth-order valence-corrected chi connectivity index (χ4v) is 2.67. The third-order valence-electron chi connectivity index (χ3n) is 3.86. The van der Waals surface area contributed by atoms with Crippen molar-refractivity contribution < 1.29 is 9.21 Å². The fourth-order valence-electron chi connectivity index (χ4n) is 2.67. The van der Waals surface area contributed by atoms with Crippen LogP contribution in [0.1, 0.15) is 12.8 Å². The van der Waals surface area contributed by atoms with Crippen molar-refractivity contribution in [2.24, 2.45) is 11.7 Å². The first-order chi connectivity index (χ1) is 10.3. The maximum Gasteiger partial charge on any atom is 0.298 e. The molecule has 0 atom stereocenters. The number of fused-ring (bicyclic) bond motifs is 1. The van der Waals surface area contributed by atoms with Crippen LogP contribution in [0.5, 0.6) is 0 Å². The average Bonchev–Trinajstić information content (AvgIpc) is 2.96.